The van der Waals surface area contributed by atoms with Crippen molar-refractivity contribution in [2.45, 2.75) is 30.7 Å². The van der Waals surface area contributed by atoms with Gasteiger partial charge in [-0.15, -0.1) is 0 Å². The Morgan fingerprint density at radius 2 is 1.53 bits per heavy atom. The van der Waals surface area contributed by atoms with E-state index in [2.05, 4.69) is 0 Å². The first-order chi connectivity index (χ1) is 21.5. The number of methoxy groups -OCH3 is 1. The molecule has 0 bridgehead atoms. The number of carbonyl (C=O) groups excluding carboxylic acids is 1. The average molecular weight is 625 g/mol. The smallest absolute Gasteiger partial charge is 0.330 e. The van der Waals surface area contributed by atoms with E-state index in [1.165, 1.54) is 42.5 Å². The summed E-state index contributed by atoms with van der Waals surface area (Å²) in [5.41, 5.74) is -0.484. The van der Waals surface area contributed by atoms with Gasteiger partial charge in [-0.2, -0.15) is 0 Å². The number of esters is 1. The molecule has 236 valence electrons. The fourth-order valence-corrected chi connectivity index (χ4v) is 4.63. The third-order valence-electron chi connectivity index (χ3n) is 6.98. The van der Waals surface area contributed by atoms with Crippen LogP contribution in [0, 0.1) is 0 Å². The van der Waals surface area contributed by atoms with E-state index in [9.17, 15) is 45.3 Å². The highest BCUT2D eigenvalue weighted by atomic mass is 16.7. The van der Waals surface area contributed by atoms with Crippen molar-refractivity contribution in [3.8, 4) is 45.8 Å². The van der Waals surface area contributed by atoms with Gasteiger partial charge in [0.2, 0.25) is 23.2 Å². The molecule has 2 unspecified atom stereocenters. The SMILES string of the molecule is COc1c(O)cc2oc(-c3ccc(O)cc3)c(O[C@@H]3OC(COC(=O)/C=C/c4ccc(O)cc4)[C@@H](O)[C@H](O)C3O)c(=O)c2c1O. The number of phenolic OH excluding ortho intramolecular Hbond substituents is 4. The number of ether oxygens (including phenoxy) is 4. The van der Waals surface area contributed by atoms with Crippen LogP contribution in [-0.2, 0) is 14.3 Å². The molecular formula is C31H28O14. The zero-order valence-electron chi connectivity index (χ0n) is 23.4. The number of hydrogen-bond donors (Lipinski definition) is 7. The van der Waals surface area contributed by atoms with E-state index in [1.807, 2.05) is 0 Å². The Morgan fingerprint density at radius 1 is 0.889 bits per heavy atom. The minimum absolute atomic E-state index is 0.0446. The molecule has 5 rings (SSSR count). The number of carbonyl (C=O) groups is 1. The summed E-state index contributed by atoms with van der Waals surface area (Å²) in [4.78, 5) is 26.0. The van der Waals surface area contributed by atoms with Crippen LogP contribution < -0.4 is 14.9 Å². The summed E-state index contributed by atoms with van der Waals surface area (Å²) in [5, 5.41) is 71.4. The summed E-state index contributed by atoms with van der Waals surface area (Å²) in [6, 6.07) is 12.3. The normalized spacial score (nSPS) is 21.6. The summed E-state index contributed by atoms with van der Waals surface area (Å²) < 4.78 is 27.3. The lowest BCUT2D eigenvalue weighted by Gasteiger charge is -2.39. The number of hydrogen-bond acceptors (Lipinski definition) is 14. The van der Waals surface area contributed by atoms with Crippen molar-refractivity contribution in [1.29, 1.82) is 0 Å². The molecule has 2 heterocycles. The molecule has 0 amide bonds. The molecule has 1 aliphatic rings. The summed E-state index contributed by atoms with van der Waals surface area (Å²) in [6.45, 7) is -0.599. The monoisotopic (exact) mass is 624 g/mol. The topological polar surface area (TPSA) is 226 Å². The number of aromatic hydroxyl groups is 4. The Morgan fingerprint density at radius 3 is 2.18 bits per heavy atom. The fraction of sp³-hybridized carbons (Fsp3) is 0.226. The van der Waals surface area contributed by atoms with Crippen LogP contribution in [0.5, 0.6) is 34.5 Å². The second-order valence-corrected chi connectivity index (χ2v) is 9.97. The van der Waals surface area contributed by atoms with Crippen molar-refractivity contribution in [1.82, 2.24) is 0 Å². The lowest BCUT2D eigenvalue weighted by Crippen LogP contribution is -2.60. The number of fused-ring (bicyclic) bond motifs is 1. The summed E-state index contributed by atoms with van der Waals surface area (Å²) in [5.74, 6) is -3.51. The molecule has 1 saturated heterocycles. The maximum absolute atomic E-state index is 13.7. The van der Waals surface area contributed by atoms with Gasteiger partial charge >= 0.3 is 5.97 Å². The highest BCUT2D eigenvalue weighted by molar-refractivity contribution is 5.91. The fourth-order valence-electron chi connectivity index (χ4n) is 4.63. The number of phenols is 4. The van der Waals surface area contributed by atoms with Gasteiger partial charge in [0.25, 0.3) is 0 Å². The van der Waals surface area contributed by atoms with Crippen LogP contribution >= 0.6 is 0 Å². The molecular weight excluding hydrogens is 596 g/mol. The van der Waals surface area contributed by atoms with Crippen molar-refractivity contribution < 1.29 is 63.9 Å². The summed E-state index contributed by atoms with van der Waals surface area (Å²) in [6.07, 6.45) is -6.31. The van der Waals surface area contributed by atoms with Crippen LogP contribution in [0.15, 0.2) is 69.9 Å². The minimum Gasteiger partial charge on any atom is -0.508 e. The van der Waals surface area contributed by atoms with E-state index in [1.54, 1.807) is 12.1 Å². The molecule has 14 nitrogen and oxygen atoms in total. The number of rotatable bonds is 8. The standard InChI is InChI=1S/C31H28O14/c1-41-29-18(34)12-19-22(24(29)37)25(38)30(28(43-19)15-5-9-17(33)10-6-15)45-31-27(40)26(39)23(36)20(44-31)13-42-21(35)11-4-14-2-7-16(32)8-3-14/h2-12,20,23,26-27,31-34,36-37,39-40H,13H2,1H3/b11-4+/t20?,23-,26+,27?,31+/m1/s1. The van der Waals surface area contributed by atoms with E-state index in [-0.39, 0.29) is 28.4 Å². The number of benzene rings is 3. The largest absolute Gasteiger partial charge is 0.508 e. The van der Waals surface area contributed by atoms with E-state index < -0.39 is 77.1 Å². The first-order valence-electron chi connectivity index (χ1n) is 13.4. The molecule has 7 N–H and O–H groups in total. The second kappa shape index (κ2) is 12.8. The van der Waals surface area contributed by atoms with Crippen LogP contribution in [0.3, 0.4) is 0 Å². The summed E-state index contributed by atoms with van der Waals surface area (Å²) >= 11 is 0. The van der Waals surface area contributed by atoms with Crippen molar-refractivity contribution in [3.63, 3.8) is 0 Å². The van der Waals surface area contributed by atoms with Gasteiger partial charge in [-0.05, 0) is 48.0 Å². The van der Waals surface area contributed by atoms with Crippen LogP contribution in [0.1, 0.15) is 5.56 Å². The first-order valence-corrected chi connectivity index (χ1v) is 13.4. The Bertz CT molecular complexity index is 1780. The summed E-state index contributed by atoms with van der Waals surface area (Å²) in [7, 11) is 1.15. The minimum atomic E-state index is -1.92. The van der Waals surface area contributed by atoms with Crippen LogP contribution in [0.25, 0.3) is 28.4 Å². The predicted molar refractivity (Wildman–Crippen MR) is 155 cm³/mol. The van der Waals surface area contributed by atoms with Crippen molar-refractivity contribution in [2.24, 2.45) is 0 Å². The van der Waals surface area contributed by atoms with E-state index >= 15 is 0 Å². The number of aliphatic hydroxyl groups excluding tert-OH is 3. The number of aliphatic hydroxyl groups is 3. The highest BCUT2D eigenvalue weighted by Gasteiger charge is 2.46. The molecule has 1 fully saturated rings. The molecule has 4 aromatic rings. The molecule has 5 atom stereocenters. The van der Waals surface area contributed by atoms with Gasteiger partial charge in [-0.25, -0.2) is 4.79 Å². The zero-order valence-corrected chi connectivity index (χ0v) is 23.4. The molecule has 1 aliphatic heterocycles. The Hall–Kier alpha value is -5.28. The second-order valence-electron chi connectivity index (χ2n) is 9.97. The quantitative estimate of drug-likeness (QED) is 0.110. The Labute approximate surface area is 253 Å². The van der Waals surface area contributed by atoms with Crippen molar-refractivity contribution in [2.75, 3.05) is 13.7 Å². The van der Waals surface area contributed by atoms with Crippen LogP contribution in [0.2, 0.25) is 0 Å². The van der Waals surface area contributed by atoms with Gasteiger partial charge in [0, 0.05) is 17.7 Å². The molecule has 0 radical (unpaired) electrons. The molecule has 3 aromatic carbocycles. The first kappa shape index (κ1) is 31.2. The van der Waals surface area contributed by atoms with E-state index in [4.69, 9.17) is 23.4 Å². The highest BCUT2D eigenvalue weighted by Crippen LogP contribution is 2.43. The molecule has 0 saturated carbocycles. The molecule has 14 heteroatoms. The van der Waals surface area contributed by atoms with Gasteiger partial charge in [0.05, 0.1) is 7.11 Å². The average Bonchev–Trinajstić information content (AvgIpc) is 3.01. The van der Waals surface area contributed by atoms with Gasteiger partial charge in [0.15, 0.2) is 17.3 Å². The van der Waals surface area contributed by atoms with E-state index in [0.29, 0.717) is 5.56 Å². The maximum Gasteiger partial charge on any atom is 0.330 e. The molecule has 45 heavy (non-hydrogen) atoms. The van der Waals surface area contributed by atoms with Gasteiger partial charge < -0.3 is 59.1 Å². The molecule has 1 aromatic heterocycles. The van der Waals surface area contributed by atoms with Crippen LogP contribution in [-0.4, -0.2) is 86.1 Å². The lowest BCUT2D eigenvalue weighted by molar-refractivity contribution is -0.278. The maximum atomic E-state index is 13.7. The lowest BCUT2D eigenvalue weighted by atomic mass is 9.99. The van der Waals surface area contributed by atoms with Gasteiger partial charge in [-0.1, -0.05) is 12.1 Å². The molecule has 0 aliphatic carbocycles. The van der Waals surface area contributed by atoms with E-state index in [0.717, 1.165) is 19.3 Å². The van der Waals surface area contributed by atoms with Gasteiger partial charge in [-0.3, -0.25) is 4.79 Å². The third kappa shape index (κ3) is 6.34. The van der Waals surface area contributed by atoms with Crippen molar-refractivity contribution >= 4 is 23.0 Å². The predicted octanol–water partition coefficient (Wildman–Crippen LogP) is 1.73. The Kier molecular flexibility index (Phi) is 8.83. The van der Waals surface area contributed by atoms with Crippen LogP contribution in [0.4, 0.5) is 0 Å². The molecule has 0 spiro atoms. The van der Waals surface area contributed by atoms with Crippen molar-refractivity contribution in [3.05, 3.63) is 76.5 Å². The third-order valence-corrected chi connectivity index (χ3v) is 6.98. The van der Waals surface area contributed by atoms with Gasteiger partial charge in [0.1, 0.15) is 53.5 Å². The Balaban J connectivity index is 1.45. The zero-order chi connectivity index (χ0) is 32.4.